The van der Waals surface area contributed by atoms with Crippen molar-refractivity contribution in [3.05, 3.63) is 40.2 Å². The molecule has 1 aliphatic heterocycles. The lowest BCUT2D eigenvalue weighted by Crippen LogP contribution is -2.47. The van der Waals surface area contributed by atoms with Crippen molar-refractivity contribution in [3.8, 4) is 0 Å². The zero-order valence-electron chi connectivity index (χ0n) is 17.0. The normalized spacial score (nSPS) is 15.6. The number of aliphatic carboxylic acids is 1. The Morgan fingerprint density at radius 3 is 2.71 bits per heavy atom. The van der Waals surface area contributed by atoms with Crippen molar-refractivity contribution in [3.63, 3.8) is 0 Å². The molecule has 10 heteroatoms. The highest BCUT2D eigenvalue weighted by atomic mass is 16.4. The lowest BCUT2D eigenvalue weighted by Gasteiger charge is -2.24. The number of likely N-dealkylation sites (tertiary alicyclic amines) is 1. The molecule has 1 atom stereocenters. The summed E-state index contributed by atoms with van der Waals surface area (Å²) in [6.07, 6.45) is 0.582. The number of carbonyl (C=O) groups is 4. The van der Waals surface area contributed by atoms with Crippen molar-refractivity contribution in [1.82, 2.24) is 10.2 Å². The van der Waals surface area contributed by atoms with Gasteiger partial charge in [-0.2, -0.15) is 0 Å². The molecule has 1 saturated heterocycles. The first-order chi connectivity index (χ1) is 14.7. The van der Waals surface area contributed by atoms with Gasteiger partial charge in [-0.25, -0.2) is 4.79 Å². The Morgan fingerprint density at radius 1 is 1.19 bits per heavy atom. The van der Waals surface area contributed by atoms with Crippen molar-refractivity contribution in [2.24, 2.45) is 0 Å². The molecule has 3 N–H and O–H groups in total. The van der Waals surface area contributed by atoms with Crippen LogP contribution >= 0.6 is 0 Å². The molecule has 2 aromatic rings. The summed E-state index contributed by atoms with van der Waals surface area (Å²) >= 11 is 0. The highest BCUT2D eigenvalue weighted by molar-refractivity contribution is 5.99. The summed E-state index contributed by atoms with van der Waals surface area (Å²) in [5.74, 6) is -2.43. The van der Waals surface area contributed by atoms with Crippen molar-refractivity contribution in [2.45, 2.75) is 38.6 Å². The standard InChI is InChI=1S/C21H23N3O7/c1-12-9-20(29)31-16-10-13(4-5-14(12)16)23-21(30)15-3-2-8-24(15)18(26)11-22-17(25)6-7-19(27)28/h4-5,9-10,15H,2-3,6-8,11H2,1H3,(H,22,25)(H,23,30)(H,27,28)/t15-/m1/s1. The minimum Gasteiger partial charge on any atom is -0.481 e. The van der Waals surface area contributed by atoms with Gasteiger partial charge >= 0.3 is 11.6 Å². The van der Waals surface area contributed by atoms with Crippen molar-refractivity contribution < 1.29 is 28.7 Å². The molecule has 31 heavy (non-hydrogen) atoms. The van der Waals surface area contributed by atoms with E-state index in [1.807, 2.05) is 0 Å². The molecule has 0 spiro atoms. The van der Waals surface area contributed by atoms with Crippen LogP contribution < -0.4 is 16.3 Å². The van der Waals surface area contributed by atoms with Gasteiger partial charge in [0.2, 0.25) is 17.7 Å². The first kappa shape index (κ1) is 22.0. The molecule has 3 rings (SSSR count). The highest BCUT2D eigenvalue weighted by Crippen LogP contribution is 2.23. The topological polar surface area (TPSA) is 146 Å². The molecule has 0 unspecified atom stereocenters. The number of carbonyl (C=O) groups excluding carboxylic acids is 3. The number of carboxylic acids is 1. The molecule has 1 fully saturated rings. The van der Waals surface area contributed by atoms with Gasteiger partial charge in [0.25, 0.3) is 0 Å². The smallest absolute Gasteiger partial charge is 0.336 e. The fraction of sp³-hybridized carbons (Fsp3) is 0.381. The van der Waals surface area contributed by atoms with Gasteiger partial charge in [-0.1, -0.05) is 0 Å². The SMILES string of the molecule is Cc1cc(=O)oc2cc(NC(=O)[C@H]3CCCN3C(=O)CNC(=O)CCC(=O)O)ccc12. The Balaban J connectivity index is 1.62. The highest BCUT2D eigenvalue weighted by Gasteiger charge is 2.34. The van der Waals surface area contributed by atoms with Crippen LogP contribution in [0.2, 0.25) is 0 Å². The van der Waals surface area contributed by atoms with E-state index >= 15 is 0 Å². The van der Waals surface area contributed by atoms with Gasteiger partial charge in [0.1, 0.15) is 11.6 Å². The third kappa shape index (κ3) is 5.47. The summed E-state index contributed by atoms with van der Waals surface area (Å²) in [7, 11) is 0. The van der Waals surface area contributed by atoms with E-state index in [1.54, 1.807) is 25.1 Å². The number of carboxylic acid groups (broad SMARTS) is 1. The quantitative estimate of drug-likeness (QED) is 0.557. The van der Waals surface area contributed by atoms with Crippen LogP contribution in [-0.4, -0.2) is 52.8 Å². The maximum absolute atomic E-state index is 12.8. The molecule has 1 aliphatic rings. The van der Waals surface area contributed by atoms with Crippen LogP contribution in [0.15, 0.2) is 33.5 Å². The van der Waals surface area contributed by atoms with Gasteiger partial charge in [-0.05, 0) is 37.5 Å². The average molecular weight is 429 g/mol. The monoisotopic (exact) mass is 429 g/mol. The van der Waals surface area contributed by atoms with Crippen molar-refractivity contribution in [2.75, 3.05) is 18.4 Å². The van der Waals surface area contributed by atoms with E-state index < -0.39 is 29.5 Å². The van der Waals surface area contributed by atoms with E-state index in [2.05, 4.69) is 10.6 Å². The van der Waals surface area contributed by atoms with Crippen LogP contribution in [0.5, 0.6) is 0 Å². The van der Waals surface area contributed by atoms with Crippen LogP contribution in [-0.2, 0) is 19.2 Å². The molecular formula is C21H23N3O7. The zero-order valence-corrected chi connectivity index (χ0v) is 17.0. The molecular weight excluding hydrogens is 406 g/mol. The van der Waals surface area contributed by atoms with E-state index in [4.69, 9.17) is 9.52 Å². The molecule has 0 radical (unpaired) electrons. The number of fused-ring (bicyclic) bond motifs is 1. The molecule has 0 aliphatic carbocycles. The maximum Gasteiger partial charge on any atom is 0.336 e. The summed E-state index contributed by atoms with van der Waals surface area (Å²) in [5, 5.41) is 14.5. The Bertz CT molecular complexity index is 1090. The number of amides is 3. The number of anilines is 1. The van der Waals surface area contributed by atoms with Crippen LogP contribution in [0.1, 0.15) is 31.2 Å². The van der Waals surface area contributed by atoms with Crippen molar-refractivity contribution >= 4 is 40.3 Å². The Morgan fingerprint density at radius 2 is 1.97 bits per heavy atom. The largest absolute Gasteiger partial charge is 0.481 e. The van der Waals surface area contributed by atoms with Crippen LogP contribution in [0.25, 0.3) is 11.0 Å². The Hall–Kier alpha value is -3.69. The van der Waals surface area contributed by atoms with Gasteiger partial charge < -0.3 is 25.1 Å². The number of hydrogen-bond acceptors (Lipinski definition) is 6. The van der Waals surface area contributed by atoms with Gasteiger partial charge in [-0.3, -0.25) is 19.2 Å². The summed E-state index contributed by atoms with van der Waals surface area (Å²) in [6, 6.07) is 5.70. The molecule has 1 aromatic heterocycles. The lowest BCUT2D eigenvalue weighted by atomic mass is 10.1. The number of aryl methyl sites for hydroxylation is 1. The zero-order chi connectivity index (χ0) is 22.5. The number of hydrogen-bond donors (Lipinski definition) is 3. The Kier molecular flexibility index (Phi) is 6.68. The molecule has 0 saturated carbocycles. The summed E-state index contributed by atoms with van der Waals surface area (Å²) in [4.78, 5) is 60.4. The number of benzene rings is 1. The summed E-state index contributed by atoms with van der Waals surface area (Å²) in [5.41, 5.74) is 1.08. The fourth-order valence-corrected chi connectivity index (χ4v) is 3.55. The van der Waals surface area contributed by atoms with Crippen LogP contribution in [0, 0.1) is 6.92 Å². The van der Waals surface area contributed by atoms with E-state index in [-0.39, 0.29) is 25.3 Å². The van der Waals surface area contributed by atoms with Crippen LogP contribution in [0.4, 0.5) is 5.69 Å². The van der Waals surface area contributed by atoms with E-state index in [9.17, 15) is 24.0 Å². The maximum atomic E-state index is 12.8. The Labute approximate surface area is 177 Å². The van der Waals surface area contributed by atoms with E-state index in [1.165, 1.54) is 11.0 Å². The summed E-state index contributed by atoms with van der Waals surface area (Å²) in [6.45, 7) is 1.87. The second-order valence-electron chi connectivity index (χ2n) is 7.36. The third-order valence-electron chi connectivity index (χ3n) is 5.10. The molecule has 2 heterocycles. The number of nitrogens with zero attached hydrogens (tertiary/aromatic N) is 1. The van der Waals surface area contributed by atoms with Gasteiger partial charge in [-0.15, -0.1) is 0 Å². The first-order valence-corrected chi connectivity index (χ1v) is 9.88. The molecule has 1 aromatic carbocycles. The predicted molar refractivity (Wildman–Crippen MR) is 110 cm³/mol. The summed E-state index contributed by atoms with van der Waals surface area (Å²) < 4.78 is 5.19. The van der Waals surface area contributed by atoms with Gasteiger partial charge in [0, 0.05) is 36.2 Å². The lowest BCUT2D eigenvalue weighted by molar-refractivity contribution is -0.139. The molecule has 3 amide bonds. The van der Waals surface area contributed by atoms with Gasteiger partial charge in [0.05, 0.1) is 13.0 Å². The third-order valence-corrected chi connectivity index (χ3v) is 5.10. The fourth-order valence-electron chi connectivity index (χ4n) is 3.55. The number of rotatable bonds is 7. The average Bonchev–Trinajstić information content (AvgIpc) is 3.20. The molecule has 0 bridgehead atoms. The minimum atomic E-state index is -1.10. The molecule has 10 nitrogen and oxygen atoms in total. The van der Waals surface area contributed by atoms with E-state index in [0.29, 0.717) is 30.7 Å². The second-order valence-corrected chi connectivity index (χ2v) is 7.36. The first-order valence-electron chi connectivity index (χ1n) is 9.88. The van der Waals surface area contributed by atoms with Crippen LogP contribution in [0.3, 0.4) is 0 Å². The minimum absolute atomic E-state index is 0.218. The molecule has 164 valence electrons. The van der Waals surface area contributed by atoms with Gasteiger partial charge in [0.15, 0.2) is 0 Å². The predicted octanol–water partition coefficient (Wildman–Crippen LogP) is 1.01. The van der Waals surface area contributed by atoms with E-state index in [0.717, 1.165) is 10.9 Å². The van der Waals surface area contributed by atoms with Crippen molar-refractivity contribution in [1.29, 1.82) is 0 Å². The second kappa shape index (κ2) is 9.41. The number of nitrogens with one attached hydrogen (secondary N) is 2.